The number of hydrogen-bond donors (Lipinski definition) is 5. The molecule has 4 amide bonds. The highest BCUT2D eigenvalue weighted by Gasteiger charge is 2.31. The Labute approximate surface area is 245 Å². The zero-order chi connectivity index (χ0) is 31.1. The Morgan fingerprint density at radius 3 is 2.05 bits per heavy atom. The van der Waals surface area contributed by atoms with Gasteiger partial charge in [0, 0.05) is 0 Å². The van der Waals surface area contributed by atoms with Gasteiger partial charge in [-0.15, -0.1) is 0 Å². The van der Waals surface area contributed by atoms with Crippen molar-refractivity contribution in [1.29, 1.82) is 0 Å². The van der Waals surface area contributed by atoms with Gasteiger partial charge in [0.25, 0.3) is 5.91 Å². The van der Waals surface area contributed by atoms with Crippen LogP contribution in [0, 0.1) is 0 Å². The van der Waals surface area contributed by atoms with Gasteiger partial charge in [0.05, 0.1) is 6.04 Å². The third kappa shape index (κ3) is 12.4. The van der Waals surface area contributed by atoms with Crippen LogP contribution in [-0.2, 0) is 35.3 Å². The Morgan fingerprint density at radius 1 is 0.833 bits per heavy atom. The summed E-state index contributed by atoms with van der Waals surface area (Å²) in [6.45, 7) is 5.97. The van der Waals surface area contributed by atoms with E-state index in [4.69, 9.17) is 9.47 Å². The topological polar surface area (TPSA) is 172 Å². The molecule has 228 valence electrons. The maximum absolute atomic E-state index is 13.3. The number of aliphatic hydroxyl groups is 1. The van der Waals surface area contributed by atoms with Gasteiger partial charge >= 0.3 is 12.1 Å². The molecule has 2 rings (SSSR count). The standard InChI is InChI=1S/C30H40N4O8/c1-5-12-22(26(37)28(39)31-18-24(36)41-19-20-13-8-6-9-14-20)33-27(38)25(21-15-10-7-11-16-21)34-23(35)17-32-29(40)42-30(2,3)4/h6-11,13-16,22,25-26,37H,5,12,17-19H2,1-4H3,(H,31,39)(H,32,40)(H,33,38)(H,34,35)/t22?,25-,26?/m0/s1. The first-order valence-corrected chi connectivity index (χ1v) is 13.7. The lowest BCUT2D eigenvalue weighted by atomic mass is 10.0. The van der Waals surface area contributed by atoms with Gasteiger partial charge in [0.2, 0.25) is 11.8 Å². The second-order valence-electron chi connectivity index (χ2n) is 10.5. The molecule has 2 unspecified atom stereocenters. The number of hydrogen-bond acceptors (Lipinski definition) is 8. The van der Waals surface area contributed by atoms with E-state index < -0.39 is 66.7 Å². The number of esters is 1. The summed E-state index contributed by atoms with van der Waals surface area (Å²) in [5.74, 6) is -2.90. The van der Waals surface area contributed by atoms with Crippen LogP contribution in [0.2, 0.25) is 0 Å². The van der Waals surface area contributed by atoms with Crippen molar-refractivity contribution in [3.05, 3.63) is 71.8 Å². The van der Waals surface area contributed by atoms with Gasteiger partial charge in [-0.2, -0.15) is 0 Å². The molecule has 12 nitrogen and oxygen atoms in total. The molecule has 0 spiro atoms. The van der Waals surface area contributed by atoms with E-state index in [-0.39, 0.29) is 13.0 Å². The maximum Gasteiger partial charge on any atom is 0.408 e. The Bertz CT molecular complexity index is 1180. The lowest BCUT2D eigenvalue weighted by Gasteiger charge is -2.26. The van der Waals surface area contributed by atoms with Crippen LogP contribution in [0.1, 0.15) is 57.7 Å². The molecule has 0 aromatic heterocycles. The normalized spacial score (nSPS) is 13.1. The molecule has 42 heavy (non-hydrogen) atoms. The highest BCUT2D eigenvalue weighted by atomic mass is 16.6. The largest absolute Gasteiger partial charge is 0.460 e. The number of carbonyl (C=O) groups excluding carboxylic acids is 5. The van der Waals surface area contributed by atoms with Crippen LogP contribution >= 0.6 is 0 Å². The zero-order valence-electron chi connectivity index (χ0n) is 24.3. The zero-order valence-corrected chi connectivity index (χ0v) is 24.3. The highest BCUT2D eigenvalue weighted by Crippen LogP contribution is 2.15. The first kappa shape index (κ1) is 33.8. The lowest BCUT2D eigenvalue weighted by molar-refractivity contribution is -0.146. The van der Waals surface area contributed by atoms with E-state index in [9.17, 15) is 29.1 Å². The van der Waals surface area contributed by atoms with Gasteiger partial charge in [-0.3, -0.25) is 19.2 Å². The van der Waals surface area contributed by atoms with Crippen LogP contribution < -0.4 is 21.3 Å². The second-order valence-corrected chi connectivity index (χ2v) is 10.5. The van der Waals surface area contributed by atoms with Crippen molar-refractivity contribution in [2.75, 3.05) is 13.1 Å². The van der Waals surface area contributed by atoms with Crippen molar-refractivity contribution in [2.45, 2.75) is 70.9 Å². The average Bonchev–Trinajstić information content (AvgIpc) is 2.96. The summed E-state index contributed by atoms with van der Waals surface area (Å²) in [6, 6.07) is 15.2. The van der Waals surface area contributed by atoms with Crippen LogP contribution in [0.5, 0.6) is 0 Å². The number of ether oxygens (including phenoxy) is 2. The summed E-state index contributed by atoms with van der Waals surface area (Å²) in [7, 11) is 0. The fourth-order valence-corrected chi connectivity index (χ4v) is 3.75. The maximum atomic E-state index is 13.3. The number of nitrogens with one attached hydrogen (secondary N) is 4. The predicted octanol–water partition coefficient (Wildman–Crippen LogP) is 1.87. The third-order valence-corrected chi connectivity index (χ3v) is 5.72. The number of aliphatic hydroxyl groups excluding tert-OH is 1. The first-order valence-electron chi connectivity index (χ1n) is 13.7. The minimum absolute atomic E-state index is 0.0342. The van der Waals surface area contributed by atoms with Crippen LogP contribution in [0.25, 0.3) is 0 Å². The molecular formula is C30H40N4O8. The van der Waals surface area contributed by atoms with E-state index in [2.05, 4.69) is 21.3 Å². The number of benzene rings is 2. The van der Waals surface area contributed by atoms with Crippen molar-refractivity contribution in [1.82, 2.24) is 21.3 Å². The fourth-order valence-electron chi connectivity index (χ4n) is 3.75. The quantitative estimate of drug-likeness (QED) is 0.209. The van der Waals surface area contributed by atoms with Crippen LogP contribution in [0.3, 0.4) is 0 Å². The summed E-state index contributed by atoms with van der Waals surface area (Å²) in [5.41, 5.74) is 0.469. The van der Waals surface area contributed by atoms with Crippen LogP contribution in [-0.4, -0.2) is 65.7 Å². The van der Waals surface area contributed by atoms with E-state index in [0.717, 1.165) is 5.56 Å². The van der Waals surface area contributed by atoms with Crippen LogP contribution in [0.15, 0.2) is 60.7 Å². The number of alkyl carbamates (subject to hydrolysis) is 1. The van der Waals surface area contributed by atoms with E-state index in [1.165, 1.54) is 0 Å². The lowest BCUT2D eigenvalue weighted by Crippen LogP contribution is -2.54. The van der Waals surface area contributed by atoms with Crippen LogP contribution in [0.4, 0.5) is 4.79 Å². The average molecular weight is 585 g/mol. The smallest absolute Gasteiger partial charge is 0.408 e. The van der Waals surface area contributed by atoms with Gasteiger partial charge in [-0.25, -0.2) is 4.79 Å². The Balaban J connectivity index is 2.00. The molecule has 3 atom stereocenters. The first-order chi connectivity index (χ1) is 19.9. The molecule has 2 aromatic rings. The summed E-state index contributed by atoms with van der Waals surface area (Å²) in [4.78, 5) is 62.6. The molecule has 0 fully saturated rings. The molecule has 0 bridgehead atoms. The number of carbonyl (C=O) groups is 5. The summed E-state index contributed by atoms with van der Waals surface area (Å²) >= 11 is 0. The van der Waals surface area contributed by atoms with Gasteiger partial charge in [-0.05, 0) is 38.3 Å². The Kier molecular flexibility index (Phi) is 13.4. The molecule has 0 saturated heterocycles. The fraction of sp³-hybridized carbons (Fsp3) is 0.433. The van der Waals surface area contributed by atoms with Crippen molar-refractivity contribution in [3.63, 3.8) is 0 Å². The molecule has 12 heteroatoms. The number of amides is 4. The Hall–Kier alpha value is -4.45. The molecular weight excluding hydrogens is 544 g/mol. The minimum atomic E-state index is -1.68. The highest BCUT2D eigenvalue weighted by molar-refractivity contribution is 5.91. The molecule has 0 radical (unpaired) electrons. The second kappa shape index (κ2) is 16.7. The summed E-state index contributed by atoms with van der Waals surface area (Å²) in [5, 5.41) is 20.6. The van der Waals surface area contributed by atoms with Gasteiger partial charge in [0.15, 0.2) is 6.10 Å². The van der Waals surface area contributed by atoms with E-state index in [1.54, 1.807) is 75.4 Å². The molecule has 5 N–H and O–H groups in total. The van der Waals surface area contributed by atoms with Gasteiger partial charge < -0.3 is 35.8 Å². The third-order valence-electron chi connectivity index (χ3n) is 5.72. The van der Waals surface area contributed by atoms with E-state index in [0.29, 0.717) is 12.0 Å². The number of rotatable bonds is 14. The summed E-state index contributed by atoms with van der Waals surface area (Å²) < 4.78 is 10.2. The van der Waals surface area contributed by atoms with Crippen molar-refractivity contribution >= 4 is 29.8 Å². The van der Waals surface area contributed by atoms with Crippen molar-refractivity contribution in [3.8, 4) is 0 Å². The minimum Gasteiger partial charge on any atom is -0.460 e. The van der Waals surface area contributed by atoms with Crippen molar-refractivity contribution in [2.24, 2.45) is 0 Å². The monoisotopic (exact) mass is 584 g/mol. The SMILES string of the molecule is CCCC(NC(=O)[C@@H](NC(=O)CNC(=O)OC(C)(C)C)c1ccccc1)C(O)C(=O)NCC(=O)OCc1ccccc1. The Morgan fingerprint density at radius 2 is 1.45 bits per heavy atom. The van der Waals surface area contributed by atoms with E-state index in [1.807, 2.05) is 13.0 Å². The van der Waals surface area contributed by atoms with Gasteiger partial charge in [0.1, 0.15) is 31.3 Å². The molecule has 0 saturated carbocycles. The molecule has 0 aliphatic carbocycles. The molecule has 0 aliphatic rings. The summed E-state index contributed by atoms with van der Waals surface area (Å²) in [6.07, 6.45) is -1.73. The molecule has 0 heterocycles. The molecule has 2 aromatic carbocycles. The molecule has 0 aliphatic heterocycles. The van der Waals surface area contributed by atoms with Crippen molar-refractivity contribution < 1.29 is 38.6 Å². The van der Waals surface area contributed by atoms with E-state index >= 15 is 0 Å². The van der Waals surface area contributed by atoms with Gasteiger partial charge in [-0.1, -0.05) is 74.0 Å². The predicted molar refractivity (Wildman–Crippen MR) is 154 cm³/mol.